The van der Waals surface area contributed by atoms with E-state index >= 15 is 0 Å². The third-order valence-electron chi connectivity index (χ3n) is 5.65. The smallest absolute Gasteiger partial charge is 0.162 e. The Labute approximate surface area is 202 Å². The highest BCUT2D eigenvalue weighted by atomic mass is 79.9. The molecule has 0 saturated carbocycles. The van der Waals surface area contributed by atoms with Crippen LogP contribution in [0.1, 0.15) is 42.2 Å². The SMILES string of the molecule is CCOc1cccc([C@@H]2CC(c3ccc(Br)cc3)=N[C@@H](c3ccc(OC)c(OC)c3)N2)c1O. The highest BCUT2D eigenvalue weighted by Gasteiger charge is 2.29. The summed E-state index contributed by atoms with van der Waals surface area (Å²) >= 11 is 3.50. The van der Waals surface area contributed by atoms with Crippen LogP contribution in [0, 0.1) is 0 Å². The average Bonchev–Trinajstić information content (AvgIpc) is 2.85. The fraction of sp³-hybridized carbons (Fsp3) is 0.269. The van der Waals surface area contributed by atoms with Crippen molar-refractivity contribution in [3.05, 3.63) is 81.8 Å². The number of benzene rings is 3. The molecular weight excluding hydrogens is 484 g/mol. The van der Waals surface area contributed by atoms with Crippen molar-refractivity contribution in [1.82, 2.24) is 5.32 Å². The first-order chi connectivity index (χ1) is 16.0. The molecule has 1 aliphatic rings. The number of ether oxygens (including phenoxy) is 3. The van der Waals surface area contributed by atoms with Crippen molar-refractivity contribution >= 4 is 21.6 Å². The van der Waals surface area contributed by atoms with E-state index in [2.05, 4.69) is 21.2 Å². The fourth-order valence-corrected chi connectivity index (χ4v) is 4.27. The molecule has 172 valence electrons. The zero-order chi connectivity index (χ0) is 23.4. The lowest BCUT2D eigenvalue weighted by Crippen LogP contribution is -2.33. The van der Waals surface area contributed by atoms with Gasteiger partial charge in [0.05, 0.1) is 20.8 Å². The first-order valence-corrected chi connectivity index (χ1v) is 11.6. The Hall–Kier alpha value is -3.03. The topological polar surface area (TPSA) is 72.3 Å². The average molecular weight is 511 g/mol. The zero-order valence-electron chi connectivity index (χ0n) is 18.8. The summed E-state index contributed by atoms with van der Waals surface area (Å²) in [6.07, 6.45) is 0.284. The first-order valence-electron chi connectivity index (χ1n) is 10.8. The molecule has 7 heteroatoms. The first kappa shape index (κ1) is 23.1. The third-order valence-corrected chi connectivity index (χ3v) is 6.18. The van der Waals surface area contributed by atoms with E-state index in [1.807, 2.05) is 61.5 Å². The molecule has 4 rings (SSSR count). The third kappa shape index (κ3) is 4.99. The van der Waals surface area contributed by atoms with Crippen molar-refractivity contribution in [3.8, 4) is 23.0 Å². The van der Waals surface area contributed by atoms with Gasteiger partial charge < -0.3 is 19.3 Å². The van der Waals surface area contributed by atoms with Crippen LogP contribution in [0.25, 0.3) is 0 Å². The molecule has 0 aromatic heterocycles. The molecule has 2 N–H and O–H groups in total. The van der Waals surface area contributed by atoms with Crippen LogP contribution in [-0.4, -0.2) is 31.6 Å². The minimum atomic E-state index is -0.336. The van der Waals surface area contributed by atoms with Crippen LogP contribution in [0.3, 0.4) is 0 Å². The van der Waals surface area contributed by atoms with Crippen LogP contribution in [0.5, 0.6) is 23.0 Å². The Morgan fingerprint density at radius 2 is 1.76 bits per heavy atom. The van der Waals surface area contributed by atoms with Crippen molar-refractivity contribution in [2.45, 2.75) is 25.6 Å². The maximum absolute atomic E-state index is 10.9. The molecule has 3 aromatic rings. The summed E-state index contributed by atoms with van der Waals surface area (Å²) in [5.41, 5.74) is 3.70. The molecule has 0 aliphatic carbocycles. The van der Waals surface area contributed by atoms with Crippen molar-refractivity contribution in [2.24, 2.45) is 4.99 Å². The normalized spacial score (nSPS) is 17.9. The zero-order valence-corrected chi connectivity index (χ0v) is 20.4. The van der Waals surface area contributed by atoms with Gasteiger partial charge in [-0.15, -0.1) is 0 Å². The maximum atomic E-state index is 10.9. The van der Waals surface area contributed by atoms with Crippen LogP contribution in [-0.2, 0) is 0 Å². The van der Waals surface area contributed by atoms with Crippen molar-refractivity contribution in [1.29, 1.82) is 0 Å². The number of rotatable bonds is 7. The number of methoxy groups -OCH3 is 2. The lowest BCUT2D eigenvalue weighted by Gasteiger charge is -2.31. The van der Waals surface area contributed by atoms with Gasteiger partial charge in [0.15, 0.2) is 23.0 Å². The minimum Gasteiger partial charge on any atom is -0.504 e. The number of phenolic OH excluding ortho intramolecular Hbond substituents is 1. The predicted molar refractivity (Wildman–Crippen MR) is 133 cm³/mol. The number of para-hydroxylation sites is 1. The van der Waals surface area contributed by atoms with Gasteiger partial charge in [-0.25, -0.2) is 0 Å². The molecule has 1 heterocycles. The number of hydrogen-bond donors (Lipinski definition) is 2. The van der Waals surface area contributed by atoms with Crippen LogP contribution in [0.15, 0.2) is 70.1 Å². The number of nitrogens with zero attached hydrogens (tertiary/aromatic N) is 1. The van der Waals surface area contributed by atoms with E-state index in [-0.39, 0.29) is 18.0 Å². The van der Waals surface area contributed by atoms with Gasteiger partial charge in [-0.3, -0.25) is 10.3 Å². The molecule has 0 unspecified atom stereocenters. The standard InChI is InChI=1S/C26H27BrN2O4/c1-4-33-23-7-5-6-19(25(23)30)21-15-20(16-8-11-18(27)12-9-16)28-26(29-21)17-10-13-22(31-2)24(14-17)32-3/h5-14,21,26,29-30H,4,15H2,1-3H3/t21-,26+/m0/s1. The number of hydrogen-bond acceptors (Lipinski definition) is 6. The van der Waals surface area contributed by atoms with Gasteiger partial charge >= 0.3 is 0 Å². The van der Waals surface area contributed by atoms with E-state index in [1.54, 1.807) is 20.3 Å². The summed E-state index contributed by atoms with van der Waals surface area (Å²) in [4.78, 5) is 5.03. The molecular formula is C26H27BrN2O4. The van der Waals surface area contributed by atoms with Gasteiger partial charge in [0.1, 0.15) is 6.17 Å². The minimum absolute atomic E-state index is 0.153. The number of nitrogens with one attached hydrogen (secondary N) is 1. The summed E-state index contributed by atoms with van der Waals surface area (Å²) in [7, 11) is 3.23. The van der Waals surface area contributed by atoms with Crippen LogP contribution >= 0.6 is 15.9 Å². The molecule has 1 aliphatic heterocycles. The molecule has 2 atom stereocenters. The lowest BCUT2D eigenvalue weighted by molar-refractivity contribution is 0.313. The van der Waals surface area contributed by atoms with Crippen molar-refractivity contribution in [2.75, 3.05) is 20.8 Å². The Morgan fingerprint density at radius 3 is 2.45 bits per heavy atom. The summed E-state index contributed by atoms with van der Waals surface area (Å²) in [5, 5.41) is 14.5. The molecule has 0 radical (unpaired) electrons. The Morgan fingerprint density at radius 1 is 1.00 bits per heavy atom. The lowest BCUT2D eigenvalue weighted by atomic mass is 9.93. The van der Waals surface area contributed by atoms with Gasteiger partial charge in [0.2, 0.25) is 0 Å². The second-order valence-electron chi connectivity index (χ2n) is 7.65. The molecule has 0 bridgehead atoms. The fourth-order valence-electron chi connectivity index (χ4n) is 4.01. The molecule has 0 amide bonds. The van der Waals surface area contributed by atoms with Crippen molar-refractivity contribution < 1.29 is 19.3 Å². The second-order valence-corrected chi connectivity index (χ2v) is 8.57. The number of aliphatic imine (C=N–C) groups is 1. The van der Waals surface area contributed by atoms with Gasteiger partial charge in [-0.1, -0.05) is 46.3 Å². The van der Waals surface area contributed by atoms with Gasteiger partial charge in [0.25, 0.3) is 0 Å². The summed E-state index contributed by atoms with van der Waals surface area (Å²) in [6.45, 7) is 2.38. The Kier molecular flexibility index (Phi) is 7.20. The Balaban J connectivity index is 1.77. The molecule has 0 saturated heterocycles. The molecule has 33 heavy (non-hydrogen) atoms. The summed E-state index contributed by atoms with van der Waals surface area (Å²) < 4.78 is 17.5. The number of halogens is 1. The molecule has 6 nitrogen and oxygen atoms in total. The molecule has 0 fully saturated rings. The van der Waals surface area contributed by atoms with E-state index in [0.717, 1.165) is 26.9 Å². The van der Waals surface area contributed by atoms with E-state index in [0.29, 0.717) is 30.3 Å². The molecule has 3 aromatic carbocycles. The van der Waals surface area contributed by atoms with E-state index in [1.165, 1.54) is 0 Å². The van der Waals surface area contributed by atoms with Crippen LogP contribution in [0.2, 0.25) is 0 Å². The van der Waals surface area contributed by atoms with Crippen molar-refractivity contribution in [3.63, 3.8) is 0 Å². The van der Waals surface area contributed by atoms with Crippen LogP contribution in [0.4, 0.5) is 0 Å². The van der Waals surface area contributed by atoms with E-state index in [4.69, 9.17) is 19.2 Å². The highest BCUT2D eigenvalue weighted by molar-refractivity contribution is 9.10. The van der Waals surface area contributed by atoms with Crippen LogP contribution < -0.4 is 19.5 Å². The van der Waals surface area contributed by atoms with E-state index in [9.17, 15) is 5.11 Å². The van der Waals surface area contributed by atoms with Gasteiger partial charge in [-0.05, 0) is 48.4 Å². The monoisotopic (exact) mass is 510 g/mol. The van der Waals surface area contributed by atoms with Gasteiger partial charge in [-0.2, -0.15) is 0 Å². The number of phenols is 1. The second kappa shape index (κ2) is 10.3. The quantitative estimate of drug-likeness (QED) is 0.420. The summed E-state index contributed by atoms with van der Waals surface area (Å²) in [6, 6.07) is 19.3. The largest absolute Gasteiger partial charge is 0.504 e. The molecule has 0 spiro atoms. The Bertz CT molecular complexity index is 1150. The maximum Gasteiger partial charge on any atom is 0.162 e. The van der Waals surface area contributed by atoms with Gasteiger partial charge in [0, 0.05) is 28.2 Å². The highest BCUT2D eigenvalue weighted by Crippen LogP contribution is 2.40. The predicted octanol–water partition coefficient (Wildman–Crippen LogP) is 5.79. The summed E-state index contributed by atoms with van der Waals surface area (Å²) in [5.74, 6) is 1.93. The number of aromatic hydroxyl groups is 1. The van der Waals surface area contributed by atoms with E-state index < -0.39 is 0 Å².